The molecule has 1 aromatic rings. The summed E-state index contributed by atoms with van der Waals surface area (Å²) >= 11 is 0. The second-order valence-electron chi connectivity index (χ2n) is 4.45. The number of alkyl halides is 3. The third-order valence-corrected chi connectivity index (χ3v) is 3.11. The molecule has 1 aliphatic rings. The van der Waals surface area contributed by atoms with Crippen molar-refractivity contribution < 1.29 is 18.0 Å². The highest BCUT2D eigenvalue weighted by molar-refractivity contribution is 5.76. The van der Waals surface area contributed by atoms with Crippen LogP contribution < -0.4 is 0 Å². The van der Waals surface area contributed by atoms with Crippen molar-refractivity contribution in [1.82, 2.24) is 4.90 Å². The molecule has 98 valence electrons. The Kier molecular flexibility index (Phi) is 3.59. The Labute approximate surface area is 103 Å². The summed E-state index contributed by atoms with van der Waals surface area (Å²) in [4.78, 5) is 13.2. The van der Waals surface area contributed by atoms with E-state index >= 15 is 0 Å². The van der Waals surface area contributed by atoms with Gasteiger partial charge in [0.15, 0.2) is 0 Å². The van der Waals surface area contributed by atoms with Crippen molar-refractivity contribution >= 4 is 5.91 Å². The first-order valence-electron chi connectivity index (χ1n) is 5.87. The lowest BCUT2D eigenvalue weighted by Crippen LogP contribution is -2.36. The number of nitrogens with zero attached hydrogens (tertiary/aromatic N) is 1. The Morgan fingerprint density at radius 3 is 2.56 bits per heavy atom. The third kappa shape index (κ3) is 3.24. The molecule has 0 bridgehead atoms. The maximum Gasteiger partial charge on any atom is 0.389 e. The highest BCUT2D eigenvalue weighted by atomic mass is 19.4. The van der Waals surface area contributed by atoms with Crippen molar-refractivity contribution in [1.29, 1.82) is 0 Å². The lowest BCUT2D eigenvalue weighted by molar-refractivity contribution is -0.149. The van der Waals surface area contributed by atoms with Crippen LogP contribution in [0, 0.1) is 0 Å². The zero-order chi connectivity index (χ0) is 13.2. The summed E-state index contributed by atoms with van der Waals surface area (Å²) < 4.78 is 36.2. The topological polar surface area (TPSA) is 20.3 Å². The van der Waals surface area contributed by atoms with Crippen molar-refractivity contribution in [3.05, 3.63) is 35.4 Å². The van der Waals surface area contributed by atoms with Crippen LogP contribution in [0.15, 0.2) is 24.3 Å². The Balaban J connectivity index is 1.95. The number of hydrogen-bond acceptors (Lipinski definition) is 1. The van der Waals surface area contributed by atoms with Gasteiger partial charge in [0.05, 0.1) is 6.42 Å². The van der Waals surface area contributed by atoms with Crippen LogP contribution in [0.3, 0.4) is 0 Å². The van der Waals surface area contributed by atoms with Gasteiger partial charge in [-0.05, 0) is 17.5 Å². The average Bonchev–Trinajstić information content (AvgIpc) is 2.34. The van der Waals surface area contributed by atoms with Gasteiger partial charge < -0.3 is 4.90 Å². The number of hydrogen-bond donors (Lipinski definition) is 0. The molecule has 0 spiro atoms. The molecule has 1 aliphatic heterocycles. The van der Waals surface area contributed by atoms with E-state index in [0.29, 0.717) is 19.5 Å². The lowest BCUT2D eigenvalue weighted by Gasteiger charge is -2.29. The van der Waals surface area contributed by atoms with Gasteiger partial charge in [-0.1, -0.05) is 24.3 Å². The fourth-order valence-corrected chi connectivity index (χ4v) is 2.12. The number of carbonyl (C=O) groups is 1. The molecule has 0 fully saturated rings. The fourth-order valence-electron chi connectivity index (χ4n) is 2.12. The molecule has 0 aromatic heterocycles. The molecule has 1 aromatic carbocycles. The smallest absolute Gasteiger partial charge is 0.338 e. The summed E-state index contributed by atoms with van der Waals surface area (Å²) in [6.45, 7) is 0.931. The molecule has 0 saturated carbocycles. The maximum absolute atomic E-state index is 12.1. The van der Waals surface area contributed by atoms with Crippen molar-refractivity contribution in [3.8, 4) is 0 Å². The minimum Gasteiger partial charge on any atom is -0.338 e. The standard InChI is InChI=1S/C13H14F3NO/c14-13(15,16)7-5-12(18)17-8-6-10-3-1-2-4-11(10)9-17/h1-4H,5-9H2. The molecule has 0 saturated heterocycles. The molecule has 1 amide bonds. The summed E-state index contributed by atoms with van der Waals surface area (Å²) in [6.07, 6.45) is -5.03. The number of halogens is 3. The van der Waals surface area contributed by atoms with E-state index in [1.54, 1.807) is 0 Å². The van der Waals surface area contributed by atoms with E-state index < -0.39 is 24.9 Å². The van der Waals surface area contributed by atoms with Gasteiger partial charge in [-0.3, -0.25) is 4.79 Å². The van der Waals surface area contributed by atoms with Gasteiger partial charge in [-0.2, -0.15) is 13.2 Å². The van der Waals surface area contributed by atoms with E-state index in [1.165, 1.54) is 10.5 Å². The predicted octanol–water partition coefficient (Wildman–Crippen LogP) is 2.91. The summed E-state index contributed by atoms with van der Waals surface area (Å²) in [5, 5.41) is 0. The van der Waals surface area contributed by atoms with Crippen LogP contribution in [0.1, 0.15) is 24.0 Å². The molecule has 0 N–H and O–H groups in total. The molecule has 2 rings (SSSR count). The lowest BCUT2D eigenvalue weighted by atomic mass is 9.99. The van der Waals surface area contributed by atoms with Crippen molar-refractivity contribution in [2.75, 3.05) is 6.54 Å². The third-order valence-electron chi connectivity index (χ3n) is 3.11. The van der Waals surface area contributed by atoms with Crippen LogP contribution in [0.5, 0.6) is 0 Å². The molecule has 0 radical (unpaired) electrons. The molecule has 5 heteroatoms. The fraction of sp³-hybridized carbons (Fsp3) is 0.462. The van der Waals surface area contributed by atoms with Gasteiger partial charge in [0, 0.05) is 19.5 Å². The number of rotatable bonds is 2. The zero-order valence-electron chi connectivity index (χ0n) is 9.83. The quantitative estimate of drug-likeness (QED) is 0.797. The second kappa shape index (κ2) is 5.00. The van der Waals surface area contributed by atoms with Crippen LogP contribution in [0.25, 0.3) is 0 Å². The minimum absolute atomic E-state index is 0.415. The van der Waals surface area contributed by atoms with Crippen molar-refractivity contribution in [2.24, 2.45) is 0 Å². The van der Waals surface area contributed by atoms with Crippen LogP contribution in [0.4, 0.5) is 13.2 Å². The van der Waals surface area contributed by atoms with Gasteiger partial charge in [-0.25, -0.2) is 0 Å². The Morgan fingerprint density at radius 1 is 1.22 bits per heavy atom. The highest BCUT2D eigenvalue weighted by Gasteiger charge is 2.29. The van der Waals surface area contributed by atoms with E-state index in [9.17, 15) is 18.0 Å². The number of amides is 1. The Hall–Kier alpha value is -1.52. The second-order valence-corrected chi connectivity index (χ2v) is 4.45. The first-order chi connectivity index (χ1) is 8.46. The molecule has 0 aliphatic carbocycles. The van der Waals surface area contributed by atoms with Crippen LogP contribution >= 0.6 is 0 Å². The zero-order valence-corrected chi connectivity index (χ0v) is 9.83. The van der Waals surface area contributed by atoms with E-state index in [-0.39, 0.29) is 0 Å². The molecule has 18 heavy (non-hydrogen) atoms. The Morgan fingerprint density at radius 2 is 1.89 bits per heavy atom. The minimum atomic E-state index is -4.26. The SMILES string of the molecule is O=C(CCC(F)(F)F)N1CCc2ccccc2C1. The summed E-state index contributed by atoms with van der Waals surface area (Å²) in [7, 11) is 0. The van der Waals surface area contributed by atoms with Gasteiger partial charge in [0.25, 0.3) is 0 Å². The molecular weight excluding hydrogens is 243 g/mol. The predicted molar refractivity (Wildman–Crippen MR) is 60.9 cm³/mol. The Bertz CT molecular complexity index is 442. The molecular formula is C13H14F3NO. The normalized spacial score (nSPS) is 15.4. The van der Waals surface area contributed by atoms with Gasteiger partial charge in [0.1, 0.15) is 0 Å². The summed E-state index contributed by atoms with van der Waals surface area (Å²) in [6, 6.07) is 7.72. The first-order valence-corrected chi connectivity index (χ1v) is 5.87. The van der Waals surface area contributed by atoms with E-state index in [0.717, 1.165) is 5.56 Å². The number of benzene rings is 1. The summed E-state index contributed by atoms with van der Waals surface area (Å²) in [5.41, 5.74) is 2.21. The van der Waals surface area contributed by atoms with E-state index in [4.69, 9.17) is 0 Å². The van der Waals surface area contributed by atoms with Crippen LogP contribution in [-0.4, -0.2) is 23.5 Å². The first kappa shape index (κ1) is 12.9. The van der Waals surface area contributed by atoms with Gasteiger partial charge in [0.2, 0.25) is 5.91 Å². The largest absolute Gasteiger partial charge is 0.389 e. The molecule has 0 unspecified atom stereocenters. The maximum atomic E-state index is 12.1. The molecule has 2 nitrogen and oxygen atoms in total. The van der Waals surface area contributed by atoms with Crippen LogP contribution in [-0.2, 0) is 17.8 Å². The average molecular weight is 257 g/mol. The molecule has 1 heterocycles. The van der Waals surface area contributed by atoms with Crippen molar-refractivity contribution in [2.45, 2.75) is 32.0 Å². The van der Waals surface area contributed by atoms with E-state index in [2.05, 4.69) is 0 Å². The number of carbonyl (C=O) groups excluding carboxylic acids is 1. The number of fused-ring (bicyclic) bond motifs is 1. The van der Waals surface area contributed by atoms with Gasteiger partial charge >= 0.3 is 6.18 Å². The highest BCUT2D eigenvalue weighted by Crippen LogP contribution is 2.24. The van der Waals surface area contributed by atoms with E-state index in [1.807, 2.05) is 24.3 Å². The van der Waals surface area contributed by atoms with Crippen LogP contribution in [0.2, 0.25) is 0 Å². The molecule has 0 atom stereocenters. The van der Waals surface area contributed by atoms with Crippen molar-refractivity contribution in [3.63, 3.8) is 0 Å². The summed E-state index contributed by atoms with van der Waals surface area (Å²) in [5.74, 6) is -0.415. The van der Waals surface area contributed by atoms with Gasteiger partial charge in [-0.15, -0.1) is 0 Å². The monoisotopic (exact) mass is 257 g/mol.